The van der Waals surface area contributed by atoms with Gasteiger partial charge in [-0.15, -0.1) is 0 Å². The Morgan fingerprint density at radius 3 is 2.72 bits per heavy atom. The van der Waals surface area contributed by atoms with Gasteiger partial charge in [-0.1, -0.05) is 6.92 Å². The monoisotopic (exact) mass is 256 g/mol. The molecule has 2 atom stereocenters. The van der Waals surface area contributed by atoms with Crippen LogP contribution in [0.15, 0.2) is 0 Å². The second-order valence-electron chi connectivity index (χ2n) is 5.73. The largest absolute Gasteiger partial charge is 0.481 e. The Morgan fingerprint density at radius 1 is 1.44 bits per heavy atom. The topological polar surface area (TPSA) is 52.6 Å². The molecule has 0 saturated carbocycles. The minimum atomic E-state index is -0.672. The maximum absolute atomic E-state index is 10.7. The number of nitrogens with one attached hydrogen (secondary N) is 1. The number of aliphatic carboxylic acids is 1. The first-order chi connectivity index (χ1) is 8.52. The van der Waals surface area contributed by atoms with Crippen LogP contribution in [-0.2, 0) is 4.79 Å². The number of likely N-dealkylation sites (tertiary alicyclic amines) is 1. The van der Waals surface area contributed by atoms with Gasteiger partial charge in [-0.2, -0.15) is 0 Å². The number of hydrogen-bond donors (Lipinski definition) is 2. The van der Waals surface area contributed by atoms with Gasteiger partial charge >= 0.3 is 5.97 Å². The number of carbonyl (C=O) groups is 1. The predicted octanol–water partition coefficient (Wildman–Crippen LogP) is 1.95. The molecule has 0 radical (unpaired) electrons. The summed E-state index contributed by atoms with van der Waals surface area (Å²) in [5.74, 6) is -0.152. The summed E-state index contributed by atoms with van der Waals surface area (Å²) in [4.78, 5) is 13.2. The quantitative estimate of drug-likeness (QED) is 0.731. The first kappa shape index (κ1) is 15.4. The second-order valence-corrected chi connectivity index (χ2v) is 5.73. The van der Waals surface area contributed by atoms with E-state index in [0.717, 1.165) is 38.9 Å². The van der Waals surface area contributed by atoms with Crippen LogP contribution in [0.2, 0.25) is 0 Å². The van der Waals surface area contributed by atoms with Crippen LogP contribution < -0.4 is 5.32 Å². The zero-order valence-electron chi connectivity index (χ0n) is 12.0. The van der Waals surface area contributed by atoms with Crippen molar-refractivity contribution in [2.45, 2.75) is 58.5 Å². The molecule has 0 spiro atoms. The molecule has 0 aromatic rings. The van der Waals surface area contributed by atoms with Crippen molar-refractivity contribution >= 4 is 5.97 Å². The minimum Gasteiger partial charge on any atom is -0.481 e. The van der Waals surface area contributed by atoms with Crippen molar-refractivity contribution in [3.63, 3.8) is 0 Å². The van der Waals surface area contributed by atoms with Crippen LogP contribution >= 0.6 is 0 Å². The summed E-state index contributed by atoms with van der Waals surface area (Å²) in [6.07, 6.45) is 3.38. The lowest BCUT2D eigenvalue weighted by atomic mass is 9.89. The lowest BCUT2D eigenvalue weighted by Crippen LogP contribution is -2.51. The molecule has 2 unspecified atom stereocenters. The molecule has 1 saturated heterocycles. The molecule has 2 N–H and O–H groups in total. The fraction of sp³-hybridized carbons (Fsp3) is 0.929. The highest BCUT2D eigenvalue weighted by Crippen LogP contribution is 2.23. The van der Waals surface area contributed by atoms with E-state index >= 15 is 0 Å². The molecular formula is C14H28N2O2. The van der Waals surface area contributed by atoms with Gasteiger partial charge in [-0.05, 0) is 45.6 Å². The lowest BCUT2D eigenvalue weighted by molar-refractivity contribution is -0.137. The summed E-state index contributed by atoms with van der Waals surface area (Å²) >= 11 is 0. The van der Waals surface area contributed by atoms with Crippen molar-refractivity contribution in [3.8, 4) is 0 Å². The van der Waals surface area contributed by atoms with Crippen molar-refractivity contribution in [2.24, 2.45) is 5.92 Å². The van der Waals surface area contributed by atoms with Crippen molar-refractivity contribution in [1.82, 2.24) is 10.2 Å². The number of carboxylic acid groups (broad SMARTS) is 1. The lowest BCUT2D eigenvalue weighted by Gasteiger charge is -2.40. The summed E-state index contributed by atoms with van der Waals surface area (Å²) in [5.41, 5.74) is 0. The molecule has 4 nitrogen and oxygen atoms in total. The second kappa shape index (κ2) is 7.74. The highest BCUT2D eigenvalue weighted by atomic mass is 16.4. The number of rotatable bonds is 7. The first-order valence-corrected chi connectivity index (χ1v) is 7.22. The van der Waals surface area contributed by atoms with Crippen LogP contribution in [0.4, 0.5) is 0 Å². The molecule has 1 rings (SSSR count). The van der Waals surface area contributed by atoms with Crippen LogP contribution in [0.1, 0.15) is 46.5 Å². The Balaban J connectivity index is 2.48. The van der Waals surface area contributed by atoms with E-state index in [1.807, 2.05) is 0 Å². The fourth-order valence-electron chi connectivity index (χ4n) is 2.70. The predicted molar refractivity (Wildman–Crippen MR) is 73.8 cm³/mol. The van der Waals surface area contributed by atoms with Gasteiger partial charge < -0.3 is 10.4 Å². The molecule has 1 fully saturated rings. The van der Waals surface area contributed by atoms with E-state index < -0.39 is 5.97 Å². The molecule has 0 bridgehead atoms. The standard InChI is InChI=1S/C14H28N2O2/c1-4-7-15-13-8-12(5-6-14(17)18)9-16(10-13)11(2)3/h11-13,15H,4-10H2,1-3H3,(H,17,18). The van der Waals surface area contributed by atoms with Crippen molar-refractivity contribution in [1.29, 1.82) is 0 Å². The van der Waals surface area contributed by atoms with Crippen LogP contribution in [-0.4, -0.2) is 47.7 Å². The number of piperidine rings is 1. The Bertz CT molecular complexity index is 256. The molecule has 0 aromatic carbocycles. The van der Waals surface area contributed by atoms with Gasteiger partial charge in [0.2, 0.25) is 0 Å². The maximum atomic E-state index is 10.7. The third-order valence-electron chi connectivity index (χ3n) is 3.75. The smallest absolute Gasteiger partial charge is 0.303 e. The van der Waals surface area contributed by atoms with Gasteiger partial charge in [0, 0.05) is 31.6 Å². The van der Waals surface area contributed by atoms with E-state index in [-0.39, 0.29) is 0 Å². The van der Waals surface area contributed by atoms with Gasteiger partial charge in [-0.3, -0.25) is 9.69 Å². The maximum Gasteiger partial charge on any atom is 0.303 e. The Labute approximate surface area is 111 Å². The summed E-state index contributed by atoms with van der Waals surface area (Å²) in [6, 6.07) is 1.07. The van der Waals surface area contributed by atoms with E-state index in [1.54, 1.807) is 0 Å². The highest BCUT2D eigenvalue weighted by Gasteiger charge is 2.28. The molecule has 106 valence electrons. The van der Waals surface area contributed by atoms with Gasteiger partial charge in [0.15, 0.2) is 0 Å². The fourth-order valence-corrected chi connectivity index (χ4v) is 2.70. The van der Waals surface area contributed by atoms with Gasteiger partial charge in [0.05, 0.1) is 0 Å². The third-order valence-corrected chi connectivity index (χ3v) is 3.75. The SMILES string of the molecule is CCCNC1CC(CCC(=O)O)CN(C(C)C)C1. The number of carboxylic acids is 1. The third kappa shape index (κ3) is 5.36. The van der Waals surface area contributed by atoms with E-state index in [9.17, 15) is 4.79 Å². The van der Waals surface area contributed by atoms with Crippen molar-refractivity contribution in [3.05, 3.63) is 0 Å². The van der Waals surface area contributed by atoms with E-state index in [1.165, 1.54) is 0 Å². The van der Waals surface area contributed by atoms with Gasteiger partial charge in [-0.25, -0.2) is 0 Å². The Morgan fingerprint density at radius 2 is 2.17 bits per heavy atom. The average molecular weight is 256 g/mol. The minimum absolute atomic E-state index is 0.303. The summed E-state index contributed by atoms with van der Waals surface area (Å²) in [6.45, 7) is 9.82. The van der Waals surface area contributed by atoms with Crippen LogP contribution in [0.5, 0.6) is 0 Å². The first-order valence-electron chi connectivity index (χ1n) is 7.22. The molecule has 0 aliphatic carbocycles. The van der Waals surface area contributed by atoms with Crippen molar-refractivity contribution in [2.75, 3.05) is 19.6 Å². The van der Waals surface area contributed by atoms with Gasteiger partial charge in [0.25, 0.3) is 0 Å². The van der Waals surface area contributed by atoms with E-state index in [4.69, 9.17) is 5.11 Å². The van der Waals surface area contributed by atoms with Gasteiger partial charge in [0.1, 0.15) is 0 Å². The molecule has 1 aliphatic heterocycles. The summed E-state index contributed by atoms with van der Waals surface area (Å²) in [5, 5.41) is 12.4. The summed E-state index contributed by atoms with van der Waals surface area (Å²) in [7, 11) is 0. The van der Waals surface area contributed by atoms with E-state index in [0.29, 0.717) is 24.4 Å². The molecule has 1 aliphatic rings. The van der Waals surface area contributed by atoms with E-state index in [2.05, 4.69) is 31.0 Å². The summed E-state index contributed by atoms with van der Waals surface area (Å²) < 4.78 is 0. The molecule has 18 heavy (non-hydrogen) atoms. The number of nitrogens with zero attached hydrogens (tertiary/aromatic N) is 1. The average Bonchev–Trinajstić information content (AvgIpc) is 2.33. The molecule has 0 aromatic heterocycles. The highest BCUT2D eigenvalue weighted by molar-refractivity contribution is 5.66. The van der Waals surface area contributed by atoms with Crippen LogP contribution in [0.3, 0.4) is 0 Å². The molecule has 1 heterocycles. The zero-order chi connectivity index (χ0) is 13.5. The normalized spacial score (nSPS) is 25.6. The Kier molecular flexibility index (Phi) is 6.65. The van der Waals surface area contributed by atoms with Crippen LogP contribution in [0, 0.1) is 5.92 Å². The number of hydrogen-bond acceptors (Lipinski definition) is 3. The molecular weight excluding hydrogens is 228 g/mol. The molecule has 0 amide bonds. The zero-order valence-corrected chi connectivity index (χ0v) is 12.0. The van der Waals surface area contributed by atoms with Crippen molar-refractivity contribution < 1.29 is 9.90 Å². The Hall–Kier alpha value is -0.610. The van der Waals surface area contributed by atoms with Crippen LogP contribution in [0.25, 0.3) is 0 Å². The molecule has 4 heteroatoms.